The summed E-state index contributed by atoms with van der Waals surface area (Å²) in [4.78, 5) is 28.7. The minimum Gasteiger partial charge on any atom is -0.347 e. The topological polar surface area (TPSA) is 129 Å². The highest BCUT2D eigenvalue weighted by molar-refractivity contribution is 7.91. The number of rotatable bonds is 4. The summed E-state index contributed by atoms with van der Waals surface area (Å²) in [6.45, 7) is 0. The number of carbonyl (C=O) groups is 2. The van der Waals surface area contributed by atoms with Gasteiger partial charge in [-0.25, -0.2) is 13.4 Å². The third kappa shape index (κ3) is 4.48. The Labute approximate surface area is 156 Å². The lowest BCUT2D eigenvalue weighted by molar-refractivity contribution is 0.0936. The Morgan fingerprint density at radius 1 is 1.07 bits per heavy atom. The molecule has 1 unspecified atom stereocenters. The van der Waals surface area contributed by atoms with Crippen LogP contribution in [-0.4, -0.2) is 42.8 Å². The lowest BCUT2D eigenvalue weighted by Gasteiger charge is -2.11. The molecule has 0 radical (unpaired) electrons. The van der Waals surface area contributed by atoms with E-state index >= 15 is 0 Å². The highest BCUT2D eigenvalue weighted by Crippen LogP contribution is 2.15. The van der Waals surface area contributed by atoms with E-state index in [0.717, 1.165) is 0 Å². The second-order valence-corrected chi connectivity index (χ2v) is 8.32. The van der Waals surface area contributed by atoms with E-state index in [1.807, 2.05) is 6.07 Å². The molecule has 2 N–H and O–H groups in total. The van der Waals surface area contributed by atoms with Crippen LogP contribution in [0.5, 0.6) is 0 Å². The zero-order valence-electron chi connectivity index (χ0n) is 14.2. The standard InChI is InChI=1S/C18H16N4O4S/c19-10-12-4-1-2-5-14(12)22-18(24)16-7-3-6-15(21-16)17(23)20-13-8-9-27(25,26)11-13/h1-7,13H,8-9,11H2,(H,20,23)(H,22,24). The molecule has 0 saturated carbocycles. The van der Waals surface area contributed by atoms with Crippen molar-refractivity contribution >= 4 is 27.3 Å². The van der Waals surface area contributed by atoms with E-state index in [1.54, 1.807) is 24.3 Å². The van der Waals surface area contributed by atoms with Crippen molar-refractivity contribution in [2.45, 2.75) is 12.5 Å². The van der Waals surface area contributed by atoms with E-state index in [4.69, 9.17) is 5.26 Å². The highest BCUT2D eigenvalue weighted by Gasteiger charge is 2.29. The molecular formula is C18H16N4O4S. The fraction of sp³-hybridized carbons (Fsp3) is 0.222. The van der Waals surface area contributed by atoms with Crippen molar-refractivity contribution in [3.8, 4) is 6.07 Å². The molecule has 0 spiro atoms. The van der Waals surface area contributed by atoms with Gasteiger partial charge in [-0.1, -0.05) is 18.2 Å². The molecule has 3 rings (SSSR count). The van der Waals surface area contributed by atoms with E-state index in [1.165, 1.54) is 18.2 Å². The lowest BCUT2D eigenvalue weighted by atomic mass is 10.2. The third-order valence-electron chi connectivity index (χ3n) is 4.08. The van der Waals surface area contributed by atoms with Gasteiger partial charge in [0.25, 0.3) is 11.8 Å². The van der Waals surface area contributed by atoms with Gasteiger partial charge >= 0.3 is 0 Å². The lowest BCUT2D eigenvalue weighted by Crippen LogP contribution is -2.36. The summed E-state index contributed by atoms with van der Waals surface area (Å²) < 4.78 is 23.0. The van der Waals surface area contributed by atoms with Gasteiger partial charge in [0.15, 0.2) is 9.84 Å². The molecule has 138 valence electrons. The molecule has 1 fully saturated rings. The summed E-state index contributed by atoms with van der Waals surface area (Å²) in [6.07, 6.45) is 0.360. The molecule has 2 heterocycles. The number of carbonyl (C=O) groups excluding carboxylic acids is 2. The summed E-state index contributed by atoms with van der Waals surface area (Å²) in [5, 5.41) is 14.3. The van der Waals surface area contributed by atoms with E-state index in [2.05, 4.69) is 15.6 Å². The molecule has 1 aliphatic heterocycles. The van der Waals surface area contributed by atoms with Gasteiger partial charge in [-0.15, -0.1) is 0 Å². The first-order valence-electron chi connectivity index (χ1n) is 8.17. The molecule has 9 heteroatoms. The minimum atomic E-state index is -3.11. The molecular weight excluding hydrogens is 368 g/mol. The average Bonchev–Trinajstić information content (AvgIpc) is 3.00. The summed E-state index contributed by atoms with van der Waals surface area (Å²) in [6, 6.07) is 12.5. The average molecular weight is 384 g/mol. The number of nitrogens with one attached hydrogen (secondary N) is 2. The van der Waals surface area contributed by atoms with Crippen molar-refractivity contribution < 1.29 is 18.0 Å². The van der Waals surface area contributed by atoms with Crippen LogP contribution >= 0.6 is 0 Å². The van der Waals surface area contributed by atoms with Crippen molar-refractivity contribution in [3.63, 3.8) is 0 Å². The Morgan fingerprint density at radius 2 is 1.78 bits per heavy atom. The van der Waals surface area contributed by atoms with E-state index in [0.29, 0.717) is 17.7 Å². The molecule has 1 aromatic heterocycles. The number of hydrogen-bond acceptors (Lipinski definition) is 6. The third-order valence-corrected chi connectivity index (χ3v) is 5.85. The second kappa shape index (κ2) is 7.55. The summed E-state index contributed by atoms with van der Waals surface area (Å²) in [5.41, 5.74) is 0.676. The first-order valence-corrected chi connectivity index (χ1v) is 9.99. The van der Waals surface area contributed by atoms with Gasteiger partial charge in [-0.3, -0.25) is 9.59 Å². The SMILES string of the molecule is N#Cc1ccccc1NC(=O)c1cccc(C(=O)NC2CCS(=O)(=O)C2)n1. The molecule has 0 aliphatic carbocycles. The van der Waals surface area contributed by atoms with Gasteiger partial charge in [0.2, 0.25) is 0 Å². The van der Waals surface area contributed by atoms with Gasteiger partial charge in [-0.05, 0) is 30.7 Å². The van der Waals surface area contributed by atoms with Gasteiger partial charge < -0.3 is 10.6 Å². The largest absolute Gasteiger partial charge is 0.347 e. The fourth-order valence-corrected chi connectivity index (χ4v) is 4.41. The number of nitrogens with zero attached hydrogens (tertiary/aromatic N) is 2. The van der Waals surface area contributed by atoms with Crippen LogP contribution in [0.25, 0.3) is 0 Å². The number of hydrogen-bond donors (Lipinski definition) is 2. The van der Waals surface area contributed by atoms with Gasteiger partial charge in [-0.2, -0.15) is 5.26 Å². The van der Waals surface area contributed by atoms with Crippen molar-refractivity contribution in [1.29, 1.82) is 5.26 Å². The van der Waals surface area contributed by atoms with Crippen LogP contribution in [0.4, 0.5) is 5.69 Å². The van der Waals surface area contributed by atoms with Crippen LogP contribution in [0.1, 0.15) is 33.0 Å². The molecule has 1 saturated heterocycles. The first-order chi connectivity index (χ1) is 12.9. The first kappa shape index (κ1) is 18.5. The van der Waals surface area contributed by atoms with Crippen molar-refractivity contribution in [1.82, 2.24) is 10.3 Å². The van der Waals surface area contributed by atoms with Crippen LogP contribution in [-0.2, 0) is 9.84 Å². The Hall–Kier alpha value is -3.25. The van der Waals surface area contributed by atoms with Crippen LogP contribution < -0.4 is 10.6 Å². The highest BCUT2D eigenvalue weighted by atomic mass is 32.2. The quantitative estimate of drug-likeness (QED) is 0.813. The Morgan fingerprint density at radius 3 is 2.44 bits per heavy atom. The second-order valence-electron chi connectivity index (χ2n) is 6.09. The summed E-state index contributed by atoms with van der Waals surface area (Å²) >= 11 is 0. The maximum Gasteiger partial charge on any atom is 0.274 e. The maximum atomic E-state index is 12.4. The Kier molecular flexibility index (Phi) is 5.19. The molecule has 1 aromatic carbocycles. The number of amides is 2. The predicted molar refractivity (Wildman–Crippen MR) is 97.9 cm³/mol. The number of anilines is 1. The van der Waals surface area contributed by atoms with E-state index in [9.17, 15) is 18.0 Å². The van der Waals surface area contributed by atoms with Crippen molar-refractivity contribution in [2.75, 3.05) is 16.8 Å². The number of para-hydroxylation sites is 1. The predicted octanol–water partition coefficient (Wildman–Crippen LogP) is 1.12. The summed E-state index contributed by atoms with van der Waals surface area (Å²) in [5.74, 6) is -1.14. The normalized spacial score (nSPS) is 17.7. The van der Waals surface area contributed by atoms with E-state index in [-0.39, 0.29) is 22.9 Å². The molecule has 2 aromatic rings. The number of pyridine rings is 1. The summed E-state index contributed by atoms with van der Waals surface area (Å²) in [7, 11) is -3.11. The number of aromatic nitrogens is 1. The zero-order valence-corrected chi connectivity index (χ0v) is 15.0. The Balaban J connectivity index is 1.72. The monoisotopic (exact) mass is 384 g/mol. The minimum absolute atomic E-state index is 0.00874. The number of benzene rings is 1. The molecule has 2 amide bonds. The number of sulfone groups is 1. The van der Waals surface area contributed by atoms with Gasteiger partial charge in [0, 0.05) is 6.04 Å². The maximum absolute atomic E-state index is 12.4. The van der Waals surface area contributed by atoms with Gasteiger partial charge in [0.05, 0.1) is 22.8 Å². The van der Waals surface area contributed by atoms with E-state index < -0.39 is 27.7 Å². The fourth-order valence-electron chi connectivity index (χ4n) is 2.73. The smallest absolute Gasteiger partial charge is 0.274 e. The molecule has 8 nitrogen and oxygen atoms in total. The molecule has 1 aliphatic rings. The van der Waals surface area contributed by atoms with Crippen LogP contribution in [0, 0.1) is 11.3 Å². The number of nitriles is 1. The van der Waals surface area contributed by atoms with Gasteiger partial charge in [0.1, 0.15) is 17.5 Å². The molecule has 0 bridgehead atoms. The van der Waals surface area contributed by atoms with Crippen LogP contribution in [0.3, 0.4) is 0 Å². The van der Waals surface area contributed by atoms with Crippen LogP contribution in [0.2, 0.25) is 0 Å². The van der Waals surface area contributed by atoms with Crippen LogP contribution in [0.15, 0.2) is 42.5 Å². The zero-order chi connectivity index (χ0) is 19.4. The Bertz CT molecular complexity index is 1040. The molecule has 1 atom stereocenters. The molecule has 27 heavy (non-hydrogen) atoms. The van der Waals surface area contributed by atoms with Crippen molar-refractivity contribution in [2.24, 2.45) is 0 Å². The van der Waals surface area contributed by atoms with Crippen molar-refractivity contribution in [3.05, 3.63) is 59.4 Å².